The summed E-state index contributed by atoms with van der Waals surface area (Å²) >= 11 is 5.85. The zero-order valence-corrected chi connectivity index (χ0v) is 13.5. The molecule has 0 saturated heterocycles. The predicted molar refractivity (Wildman–Crippen MR) is 81.0 cm³/mol. The number of benzene rings is 1. The van der Waals surface area contributed by atoms with E-state index in [1.54, 1.807) is 0 Å². The van der Waals surface area contributed by atoms with Crippen molar-refractivity contribution in [3.63, 3.8) is 0 Å². The molecular weight excluding hydrogens is 315 g/mol. The molecule has 0 aliphatic heterocycles. The Hall–Kier alpha value is -0.690. The van der Waals surface area contributed by atoms with E-state index in [0.29, 0.717) is 5.92 Å². The summed E-state index contributed by atoms with van der Waals surface area (Å²) in [7, 11) is -3.93. The van der Waals surface area contributed by atoms with Crippen LogP contribution in [0.1, 0.15) is 38.2 Å². The minimum atomic E-state index is -3.93. The van der Waals surface area contributed by atoms with Crippen LogP contribution < -0.4 is 10.5 Å². The Morgan fingerprint density at radius 2 is 1.95 bits per heavy atom. The van der Waals surface area contributed by atoms with Crippen LogP contribution in [0.4, 0.5) is 4.39 Å². The molecule has 1 saturated carbocycles. The number of nitrogens with one attached hydrogen (secondary N) is 1. The highest BCUT2D eigenvalue weighted by Crippen LogP contribution is 2.27. The fourth-order valence-corrected chi connectivity index (χ4v) is 4.38. The summed E-state index contributed by atoms with van der Waals surface area (Å²) in [5.41, 5.74) is 5.51. The van der Waals surface area contributed by atoms with Crippen molar-refractivity contribution in [1.82, 2.24) is 4.72 Å². The van der Waals surface area contributed by atoms with Gasteiger partial charge in [-0.15, -0.1) is 0 Å². The highest BCUT2D eigenvalue weighted by atomic mass is 35.5. The highest BCUT2D eigenvalue weighted by Gasteiger charge is 2.27. The normalized spacial score (nSPS) is 23.2. The van der Waals surface area contributed by atoms with E-state index in [9.17, 15) is 12.8 Å². The van der Waals surface area contributed by atoms with Gasteiger partial charge < -0.3 is 5.73 Å². The van der Waals surface area contributed by atoms with Crippen molar-refractivity contribution < 1.29 is 12.8 Å². The lowest BCUT2D eigenvalue weighted by Crippen LogP contribution is -2.37. The maximum absolute atomic E-state index is 14.2. The third-order valence-electron chi connectivity index (χ3n) is 3.93. The maximum atomic E-state index is 14.2. The van der Waals surface area contributed by atoms with Gasteiger partial charge in [0.05, 0.1) is 0 Å². The van der Waals surface area contributed by atoms with Crippen molar-refractivity contribution in [2.45, 2.75) is 50.1 Å². The van der Waals surface area contributed by atoms with E-state index >= 15 is 0 Å². The first kappa shape index (κ1) is 16.7. The molecule has 3 N–H and O–H groups in total. The van der Waals surface area contributed by atoms with Crippen LogP contribution >= 0.6 is 11.6 Å². The number of halogens is 2. The van der Waals surface area contributed by atoms with Crippen molar-refractivity contribution >= 4 is 21.6 Å². The third-order valence-corrected chi connectivity index (χ3v) is 5.66. The quantitative estimate of drug-likeness (QED) is 0.889. The summed E-state index contributed by atoms with van der Waals surface area (Å²) in [5.74, 6) is -0.212. The van der Waals surface area contributed by atoms with Crippen LogP contribution in [0.2, 0.25) is 5.02 Å². The standard InChI is InChI=1S/C14H20ClFN2O2S/c1-9-2-4-12(5-3-9)18-21(19,20)13-7-11(15)6-10(8-17)14(13)16/h6-7,9,12,18H,2-5,8,17H2,1H3. The molecule has 0 spiro atoms. The highest BCUT2D eigenvalue weighted by molar-refractivity contribution is 7.89. The van der Waals surface area contributed by atoms with Gasteiger partial charge in [-0.1, -0.05) is 18.5 Å². The third kappa shape index (κ3) is 3.94. The van der Waals surface area contributed by atoms with E-state index in [1.807, 2.05) is 0 Å². The molecule has 21 heavy (non-hydrogen) atoms. The Morgan fingerprint density at radius 1 is 1.33 bits per heavy atom. The van der Waals surface area contributed by atoms with Crippen LogP contribution in [0.3, 0.4) is 0 Å². The van der Waals surface area contributed by atoms with Crippen molar-refractivity contribution in [3.05, 3.63) is 28.5 Å². The zero-order chi connectivity index (χ0) is 15.6. The van der Waals surface area contributed by atoms with Crippen LogP contribution in [0.25, 0.3) is 0 Å². The molecule has 0 radical (unpaired) electrons. The van der Waals surface area contributed by atoms with Gasteiger partial charge in [-0.3, -0.25) is 0 Å². The van der Waals surface area contributed by atoms with Gasteiger partial charge in [-0.05, 0) is 43.7 Å². The predicted octanol–water partition coefficient (Wildman–Crippen LogP) is 2.79. The first-order valence-electron chi connectivity index (χ1n) is 7.04. The molecule has 0 amide bonds. The van der Waals surface area contributed by atoms with Gasteiger partial charge in [0.2, 0.25) is 10.0 Å². The second-order valence-electron chi connectivity index (χ2n) is 5.66. The average Bonchev–Trinajstić information content (AvgIpc) is 2.43. The molecule has 1 aliphatic carbocycles. The Morgan fingerprint density at radius 3 is 2.52 bits per heavy atom. The summed E-state index contributed by atoms with van der Waals surface area (Å²) in [4.78, 5) is -0.422. The fraction of sp³-hybridized carbons (Fsp3) is 0.571. The monoisotopic (exact) mass is 334 g/mol. The van der Waals surface area contributed by atoms with Crippen LogP contribution in [-0.2, 0) is 16.6 Å². The van der Waals surface area contributed by atoms with Gasteiger partial charge in [-0.2, -0.15) is 0 Å². The molecule has 0 atom stereocenters. The molecule has 1 aliphatic rings. The molecule has 0 heterocycles. The number of nitrogens with two attached hydrogens (primary N) is 1. The summed E-state index contributed by atoms with van der Waals surface area (Å²) in [5, 5.41) is 0.162. The van der Waals surface area contributed by atoms with Crippen molar-refractivity contribution in [2.24, 2.45) is 11.7 Å². The van der Waals surface area contributed by atoms with Crippen molar-refractivity contribution in [2.75, 3.05) is 0 Å². The van der Waals surface area contributed by atoms with Crippen molar-refractivity contribution in [3.8, 4) is 0 Å². The summed E-state index contributed by atoms with van der Waals surface area (Å²) < 4.78 is 41.5. The first-order chi connectivity index (χ1) is 9.83. The smallest absolute Gasteiger partial charge is 0.243 e. The molecule has 7 heteroatoms. The molecule has 1 aromatic carbocycles. The number of rotatable bonds is 4. The van der Waals surface area contributed by atoms with Crippen LogP contribution in [0, 0.1) is 11.7 Å². The largest absolute Gasteiger partial charge is 0.326 e. The Labute approximate surface area is 129 Å². The fourth-order valence-electron chi connectivity index (χ4n) is 2.62. The molecule has 1 fully saturated rings. The lowest BCUT2D eigenvalue weighted by molar-refractivity contribution is 0.332. The lowest BCUT2D eigenvalue weighted by Gasteiger charge is -2.26. The van der Waals surface area contributed by atoms with Gasteiger partial charge in [-0.25, -0.2) is 17.5 Å². The van der Waals surface area contributed by atoms with Gasteiger partial charge in [0.25, 0.3) is 0 Å². The lowest BCUT2D eigenvalue weighted by atomic mass is 9.88. The summed E-state index contributed by atoms with van der Waals surface area (Å²) in [6.45, 7) is 2.05. The van der Waals surface area contributed by atoms with E-state index in [0.717, 1.165) is 31.7 Å². The average molecular weight is 335 g/mol. The van der Waals surface area contributed by atoms with E-state index in [4.69, 9.17) is 17.3 Å². The molecule has 0 unspecified atom stereocenters. The SMILES string of the molecule is CC1CCC(NS(=O)(=O)c2cc(Cl)cc(CN)c2F)CC1. The summed E-state index contributed by atoms with van der Waals surface area (Å²) in [6, 6.07) is 2.33. The Balaban J connectivity index is 2.25. The van der Waals surface area contributed by atoms with E-state index in [1.165, 1.54) is 6.07 Å². The van der Waals surface area contributed by atoms with Gasteiger partial charge in [0, 0.05) is 23.2 Å². The van der Waals surface area contributed by atoms with Crippen LogP contribution in [0.5, 0.6) is 0 Å². The summed E-state index contributed by atoms with van der Waals surface area (Å²) in [6.07, 6.45) is 3.48. The van der Waals surface area contributed by atoms with E-state index in [2.05, 4.69) is 11.6 Å². The zero-order valence-electron chi connectivity index (χ0n) is 11.9. The Bertz CT molecular complexity index is 614. The molecule has 0 bridgehead atoms. The van der Waals surface area contributed by atoms with E-state index < -0.39 is 20.7 Å². The maximum Gasteiger partial charge on any atom is 0.243 e. The second kappa shape index (κ2) is 6.60. The molecule has 2 rings (SSSR count). The molecule has 118 valence electrons. The Kier molecular flexibility index (Phi) is 5.24. The molecule has 1 aromatic rings. The van der Waals surface area contributed by atoms with Gasteiger partial charge in [0.15, 0.2) is 0 Å². The number of hydrogen-bond donors (Lipinski definition) is 2. The second-order valence-corrected chi connectivity index (χ2v) is 7.78. The first-order valence-corrected chi connectivity index (χ1v) is 8.90. The topological polar surface area (TPSA) is 72.2 Å². The molecule has 4 nitrogen and oxygen atoms in total. The van der Waals surface area contributed by atoms with Gasteiger partial charge in [0.1, 0.15) is 10.7 Å². The number of sulfonamides is 1. The van der Waals surface area contributed by atoms with E-state index in [-0.39, 0.29) is 23.2 Å². The molecular formula is C14H20ClFN2O2S. The van der Waals surface area contributed by atoms with Gasteiger partial charge >= 0.3 is 0 Å². The van der Waals surface area contributed by atoms with Crippen LogP contribution in [0.15, 0.2) is 17.0 Å². The van der Waals surface area contributed by atoms with Crippen molar-refractivity contribution in [1.29, 1.82) is 0 Å². The minimum absolute atomic E-state index is 0.0974. The molecule has 0 aromatic heterocycles. The minimum Gasteiger partial charge on any atom is -0.326 e. The number of hydrogen-bond acceptors (Lipinski definition) is 3. The van der Waals surface area contributed by atoms with Crippen LogP contribution in [-0.4, -0.2) is 14.5 Å².